The van der Waals surface area contributed by atoms with E-state index in [9.17, 15) is 8.42 Å². The van der Waals surface area contributed by atoms with Gasteiger partial charge < -0.3 is 5.32 Å². The lowest BCUT2D eigenvalue weighted by atomic mass is 10.3. The first-order valence-electron chi connectivity index (χ1n) is 6.81. The third-order valence-electron chi connectivity index (χ3n) is 3.15. The van der Waals surface area contributed by atoms with Crippen LogP contribution < -0.4 is 10.0 Å². The van der Waals surface area contributed by atoms with Crippen LogP contribution in [0.25, 0.3) is 5.57 Å². The SMILES string of the molecule is N#CC(=CNc1ccc(S(=O)(=O)NC2CC2)cc1)c1nn[nH]n1. The van der Waals surface area contributed by atoms with Crippen LogP contribution in [0.15, 0.2) is 35.4 Å². The molecule has 1 fully saturated rings. The molecule has 23 heavy (non-hydrogen) atoms. The molecule has 118 valence electrons. The van der Waals surface area contributed by atoms with Gasteiger partial charge in [-0.3, -0.25) is 0 Å². The Morgan fingerprint density at radius 2 is 2.09 bits per heavy atom. The van der Waals surface area contributed by atoms with E-state index in [0.717, 1.165) is 12.8 Å². The monoisotopic (exact) mass is 331 g/mol. The maximum absolute atomic E-state index is 12.0. The van der Waals surface area contributed by atoms with Gasteiger partial charge in [0.05, 0.1) is 4.90 Å². The van der Waals surface area contributed by atoms with Crippen LogP contribution in [0.2, 0.25) is 0 Å². The van der Waals surface area contributed by atoms with Crippen molar-refractivity contribution in [3.05, 3.63) is 36.3 Å². The van der Waals surface area contributed by atoms with E-state index in [1.807, 2.05) is 6.07 Å². The van der Waals surface area contributed by atoms with E-state index >= 15 is 0 Å². The lowest BCUT2D eigenvalue weighted by Gasteiger charge is -2.06. The zero-order valence-corrected chi connectivity index (χ0v) is 12.7. The number of nitrogens with zero attached hydrogens (tertiary/aromatic N) is 4. The van der Waals surface area contributed by atoms with Crippen LogP contribution in [0, 0.1) is 11.3 Å². The zero-order chi connectivity index (χ0) is 16.3. The van der Waals surface area contributed by atoms with Gasteiger partial charge in [-0.25, -0.2) is 13.1 Å². The van der Waals surface area contributed by atoms with Crippen molar-refractivity contribution in [3.8, 4) is 6.07 Å². The molecule has 0 radical (unpaired) electrons. The molecule has 0 amide bonds. The first kappa shape index (κ1) is 15.1. The molecule has 1 saturated carbocycles. The number of aromatic nitrogens is 4. The van der Waals surface area contributed by atoms with Crippen molar-refractivity contribution >= 4 is 21.3 Å². The Morgan fingerprint density at radius 1 is 1.35 bits per heavy atom. The van der Waals surface area contributed by atoms with Gasteiger partial charge in [-0.05, 0) is 42.3 Å². The second kappa shape index (κ2) is 6.15. The molecule has 9 nitrogen and oxygen atoms in total. The molecule has 0 bridgehead atoms. The Kier molecular flexibility index (Phi) is 4.05. The van der Waals surface area contributed by atoms with E-state index in [2.05, 4.69) is 30.7 Å². The minimum absolute atomic E-state index is 0.0638. The molecule has 2 aromatic rings. The summed E-state index contributed by atoms with van der Waals surface area (Å²) >= 11 is 0. The van der Waals surface area contributed by atoms with Crippen molar-refractivity contribution in [2.75, 3.05) is 5.32 Å². The Hall–Kier alpha value is -2.77. The maximum Gasteiger partial charge on any atom is 0.240 e. The molecular formula is C13H13N7O2S. The topological polar surface area (TPSA) is 136 Å². The van der Waals surface area contributed by atoms with Crippen molar-refractivity contribution in [1.82, 2.24) is 25.3 Å². The third-order valence-corrected chi connectivity index (χ3v) is 4.69. The maximum atomic E-state index is 12.0. The van der Waals surface area contributed by atoms with Crippen molar-refractivity contribution < 1.29 is 8.42 Å². The van der Waals surface area contributed by atoms with Gasteiger partial charge in [-0.2, -0.15) is 10.5 Å². The number of H-pyrrole nitrogens is 1. The second-order valence-corrected chi connectivity index (χ2v) is 6.68. The number of nitriles is 1. The van der Waals surface area contributed by atoms with Gasteiger partial charge in [0.15, 0.2) is 0 Å². The molecule has 1 aliphatic rings. The van der Waals surface area contributed by atoms with Gasteiger partial charge in [0, 0.05) is 17.9 Å². The Morgan fingerprint density at radius 3 is 2.65 bits per heavy atom. The Labute approximate surface area is 132 Å². The van der Waals surface area contributed by atoms with Gasteiger partial charge >= 0.3 is 0 Å². The van der Waals surface area contributed by atoms with Gasteiger partial charge in [0.1, 0.15) is 11.6 Å². The largest absolute Gasteiger partial charge is 0.360 e. The summed E-state index contributed by atoms with van der Waals surface area (Å²) in [6, 6.07) is 8.24. The Balaban J connectivity index is 1.71. The molecule has 1 aliphatic carbocycles. The van der Waals surface area contributed by atoms with Crippen LogP contribution in [0.4, 0.5) is 5.69 Å². The minimum atomic E-state index is -3.46. The first-order chi connectivity index (χ1) is 11.1. The van der Waals surface area contributed by atoms with E-state index in [4.69, 9.17) is 5.26 Å². The number of sulfonamides is 1. The van der Waals surface area contributed by atoms with E-state index in [0.29, 0.717) is 5.69 Å². The summed E-state index contributed by atoms with van der Waals surface area (Å²) in [5.74, 6) is 0.174. The van der Waals surface area contributed by atoms with Gasteiger partial charge in [0.25, 0.3) is 0 Å². The smallest absolute Gasteiger partial charge is 0.240 e. The molecule has 1 heterocycles. The predicted molar refractivity (Wildman–Crippen MR) is 81.2 cm³/mol. The normalized spacial score (nSPS) is 15.2. The highest BCUT2D eigenvalue weighted by molar-refractivity contribution is 7.89. The molecule has 0 saturated heterocycles. The third kappa shape index (κ3) is 3.71. The summed E-state index contributed by atoms with van der Waals surface area (Å²) in [5.41, 5.74) is 0.831. The number of hydrogen-bond donors (Lipinski definition) is 3. The first-order valence-corrected chi connectivity index (χ1v) is 8.30. The van der Waals surface area contributed by atoms with Crippen LogP contribution >= 0.6 is 0 Å². The van der Waals surface area contributed by atoms with Gasteiger partial charge in [0.2, 0.25) is 15.8 Å². The van der Waals surface area contributed by atoms with Crippen LogP contribution in [0.3, 0.4) is 0 Å². The fraction of sp³-hybridized carbons (Fsp3) is 0.231. The van der Waals surface area contributed by atoms with Crippen LogP contribution in [-0.4, -0.2) is 35.1 Å². The number of nitrogens with one attached hydrogen (secondary N) is 3. The van der Waals surface area contributed by atoms with Crippen molar-refractivity contribution in [2.24, 2.45) is 0 Å². The fourth-order valence-electron chi connectivity index (χ4n) is 1.80. The summed E-state index contributed by atoms with van der Waals surface area (Å²) in [5, 5.41) is 25.0. The number of aromatic amines is 1. The highest BCUT2D eigenvalue weighted by Gasteiger charge is 2.27. The second-order valence-electron chi connectivity index (χ2n) is 4.97. The van der Waals surface area contributed by atoms with Crippen LogP contribution in [-0.2, 0) is 10.0 Å². The molecule has 10 heteroatoms. The molecule has 1 aromatic heterocycles. The molecule has 3 rings (SSSR count). The molecule has 3 N–H and O–H groups in total. The molecular weight excluding hydrogens is 318 g/mol. The highest BCUT2D eigenvalue weighted by atomic mass is 32.2. The summed E-state index contributed by atoms with van der Waals surface area (Å²) in [4.78, 5) is 0.206. The minimum Gasteiger partial charge on any atom is -0.360 e. The van der Waals surface area contributed by atoms with E-state index in [-0.39, 0.29) is 22.3 Å². The molecule has 0 aliphatic heterocycles. The van der Waals surface area contributed by atoms with Crippen molar-refractivity contribution in [3.63, 3.8) is 0 Å². The number of rotatable bonds is 6. The van der Waals surface area contributed by atoms with Crippen LogP contribution in [0.5, 0.6) is 0 Å². The quantitative estimate of drug-likeness (QED) is 0.660. The van der Waals surface area contributed by atoms with Crippen molar-refractivity contribution in [2.45, 2.75) is 23.8 Å². The van der Waals surface area contributed by atoms with E-state index in [1.54, 1.807) is 12.1 Å². The number of hydrogen-bond acceptors (Lipinski definition) is 7. The average molecular weight is 331 g/mol. The zero-order valence-electron chi connectivity index (χ0n) is 11.9. The Bertz CT molecular complexity index is 847. The standard InChI is InChI=1S/C13H13N7O2S/c14-7-9(13-16-19-20-17-13)8-15-10-3-5-12(6-4-10)23(21,22)18-11-1-2-11/h3-6,8,11,15,18H,1-2H2,(H,16,17,19,20). The number of allylic oxidation sites excluding steroid dienone is 1. The van der Waals surface area contributed by atoms with Gasteiger partial charge in [-0.15, -0.1) is 10.2 Å². The summed E-state index contributed by atoms with van der Waals surface area (Å²) < 4.78 is 26.7. The molecule has 1 aromatic carbocycles. The molecule has 0 spiro atoms. The lowest BCUT2D eigenvalue weighted by Crippen LogP contribution is -2.25. The summed E-state index contributed by atoms with van der Waals surface area (Å²) in [7, 11) is -3.46. The number of anilines is 1. The molecule has 0 unspecified atom stereocenters. The summed E-state index contributed by atoms with van der Waals surface area (Å²) in [6.07, 6.45) is 3.20. The number of tetrazole rings is 1. The molecule has 0 atom stereocenters. The fourth-order valence-corrected chi connectivity index (χ4v) is 3.10. The van der Waals surface area contributed by atoms with Crippen molar-refractivity contribution in [1.29, 1.82) is 5.26 Å². The van der Waals surface area contributed by atoms with Gasteiger partial charge in [-0.1, -0.05) is 0 Å². The predicted octanol–water partition coefficient (Wildman–Crippen LogP) is 0.617. The summed E-state index contributed by atoms with van der Waals surface area (Å²) in [6.45, 7) is 0. The highest BCUT2D eigenvalue weighted by Crippen LogP contribution is 2.23. The number of benzene rings is 1. The lowest BCUT2D eigenvalue weighted by molar-refractivity contribution is 0.581. The van der Waals surface area contributed by atoms with Crippen LogP contribution in [0.1, 0.15) is 18.7 Å². The van der Waals surface area contributed by atoms with E-state index in [1.165, 1.54) is 18.3 Å². The van der Waals surface area contributed by atoms with E-state index < -0.39 is 10.0 Å². The average Bonchev–Trinajstić information content (AvgIpc) is 3.17.